The van der Waals surface area contributed by atoms with Gasteiger partial charge >= 0.3 is 129 Å². The van der Waals surface area contributed by atoms with Crippen molar-refractivity contribution in [2.45, 2.75) is 48.3 Å². The summed E-state index contributed by atoms with van der Waals surface area (Å²) in [5.74, 6) is 0. The summed E-state index contributed by atoms with van der Waals surface area (Å²) in [6, 6.07) is 13.2. The van der Waals surface area contributed by atoms with Crippen molar-refractivity contribution in [1.29, 1.82) is 0 Å². The van der Waals surface area contributed by atoms with Gasteiger partial charge in [-0.25, -0.2) is 0 Å². The molecule has 2 heteroatoms. The Balaban J connectivity index is 1.88. The molecule has 1 fully saturated rings. The zero-order chi connectivity index (χ0) is 13.8. The van der Waals surface area contributed by atoms with Crippen LogP contribution in [0, 0.1) is 0 Å². The zero-order valence-corrected chi connectivity index (χ0v) is 13.5. The monoisotopic (exact) mass is 326 g/mol. The van der Waals surface area contributed by atoms with E-state index in [9.17, 15) is 5.11 Å². The molecule has 0 aliphatic heterocycles. The molecule has 1 atom stereocenters. The van der Waals surface area contributed by atoms with Crippen molar-refractivity contribution in [2.24, 2.45) is 0 Å². The first kappa shape index (κ1) is 12.9. The van der Waals surface area contributed by atoms with Crippen molar-refractivity contribution in [2.75, 3.05) is 0 Å². The van der Waals surface area contributed by atoms with Gasteiger partial charge in [0.05, 0.1) is 0 Å². The SMILES string of the molecule is OC1(C2(C[As])Cc3cc4ccccc4cc32)CCCC1. The molecule has 2 aliphatic carbocycles. The van der Waals surface area contributed by atoms with E-state index in [1.165, 1.54) is 34.7 Å². The van der Waals surface area contributed by atoms with Crippen molar-refractivity contribution in [3.05, 3.63) is 47.5 Å². The second-order valence-corrected chi connectivity index (χ2v) is 7.18. The summed E-state index contributed by atoms with van der Waals surface area (Å²) in [6.45, 7) is 0. The molecule has 2 aliphatic rings. The average Bonchev–Trinajstić information content (AvgIpc) is 2.89. The number of benzene rings is 2. The van der Waals surface area contributed by atoms with Gasteiger partial charge in [-0.2, -0.15) is 0 Å². The van der Waals surface area contributed by atoms with E-state index in [-0.39, 0.29) is 5.41 Å². The van der Waals surface area contributed by atoms with E-state index in [1.54, 1.807) is 0 Å². The molecule has 20 heavy (non-hydrogen) atoms. The molecule has 0 saturated heterocycles. The van der Waals surface area contributed by atoms with E-state index < -0.39 is 5.60 Å². The fourth-order valence-electron chi connectivity index (χ4n) is 4.33. The summed E-state index contributed by atoms with van der Waals surface area (Å²) in [5.41, 5.74) is 2.36. The second-order valence-electron chi connectivity index (χ2n) is 6.51. The Kier molecular flexibility index (Phi) is 2.81. The normalized spacial score (nSPS) is 27.3. The van der Waals surface area contributed by atoms with Gasteiger partial charge in [0.2, 0.25) is 0 Å². The van der Waals surface area contributed by atoms with Crippen LogP contribution >= 0.6 is 0 Å². The third-order valence-corrected chi connectivity index (χ3v) is 6.70. The minimum atomic E-state index is -0.477. The van der Waals surface area contributed by atoms with Crippen molar-refractivity contribution < 1.29 is 5.11 Å². The van der Waals surface area contributed by atoms with Crippen molar-refractivity contribution >= 4 is 27.6 Å². The number of hydrogen-bond acceptors (Lipinski definition) is 1. The average molecular weight is 326 g/mol. The van der Waals surface area contributed by atoms with Crippen LogP contribution in [0.4, 0.5) is 0 Å². The first-order chi connectivity index (χ1) is 9.68. The summed E-state index contributed by atoms with van der Waals surface area (Å²) in [7, 11) is 0. The van der Waals surface area contributed by atoms with E-state index in [0.29, 0.717) is 0 Å². The molecule has 2 radical (unpaired) electrons. The summed E-state index contributed by atoms with van der Waals surface area (Å²) in [4.78, 5) is 0. The van der Waals surface area contributed by atoms with E-state index in [0.717, 1.165) is 24.5 Å². The van der Waals surface area contributed by atoms with Gasteiger partial charge in [0.15, 0.2) is 0 Å². The molecule has 0 heterocycles. The van der Waals surface area contributed by atoms with Gasteiger partial charge in [0.25, 0.3) is 0 Å². The van der Waals surface area contributed by atoms with E-state index in [2.05, 4.69) is 53.3 Å². The standard InChI is InChI=1S/C18H19AsO/c19-12-17(18(20)7-3-4-8-18)11-15-9-13-5-1-2-6-14(13)10-16(15)17/h1-2,5-6,9-10,20H,3-4,7-8,11-12H2. The number of aliphatic hydroxyl groups is 1. The molecular formula is C18H19AsO. The van der Waals surface area contributed by atoms with Crippen LogP contribution in [0.5, 0.6) is 0 Å². The maximum absolute atomic E-state index is 11.2. The van der Waals surface area contributed by atoms with Gasteiger partial charge in [0.1, 0.15) is 0 Å². The van der Waals surface area contributed by atoms with Crippen molar-refractivity contribution in [1.82, 2.24) is 0 Å². The van der Waals surface area contributed by atoms with Crippen LogP contribution in [-0.4, -0.2) is 27.6 Å². The first-order valence-electron chi connectivity index (χ1n) is 7.54. The number of hydrogen-bond donors (Lipinski definition) is 1. The Morgan fingerprint density at radius 1 is 1.05 bits per heavy atom. The molecule has 4 rings (SSSR count). The van der Waals surface area contributed by atoms with Crippen LogP contribution in [0.25, 0.3) is 10.8 Å². The van der Waals surface area contributed by atoms with Crippen LogP contribution in [0.1, 0.15) is 36.8 Å². The molecule has 2 aromatic rings. The quantitative estimate of drug-likeness (QED) is 0.837. The topological polar surface area (TPSA) is 20.2 Å². The Labute approximate surface area is 128 Å². The number of rotatable bonds is 2. The van der Waals surface area contributed by atoms with Gasteiger partial charge < -0.3 is 0 Å². The summed E-state index contributed by atoms with van der Waals surface area (Å²) in [5, 5.41) is 14.8. The minimum absolute atomic E-state index is 0.0110. The van der Waals surface area contributed by atoms with Crippen LogP contribution < -0.4 is 0 Å². The predicted octanol–water partition coefficient (Wildman–Crippen LogP) is 3.53. The van der Waals surface area contributed by atoms with Crippen LogP contribution in [-0.2, 0) is 11.8 Å². The molecule has 0 spiro atoms. The molecule has 1 nitrogen and oxygen atoms in total. The Morgan fingerprint density at radius 3 is 2.35 bits per heavy atom. The van der Waals surface area contributed by atoms with E-state index in [4.69, 9.17) is 0 Å². The molecule has 1 unspecified atom stereocenters. The van der Waals surface area contributed by atoms with Crippen LogP contribution in [0.3, 0.4) is 0 Å². The van der Waals surface area contributed by atoms with Gasteiger partial charge in [-0.15, -0.1) is 0 Å². The Morgan fingerprint density at radius 2 is 1.70 bits per heavy atom. The molecule has 102 valence electrons. The zero-order valence-electron chi connectivity index (χ0n) is 11.6. The first-order valence-corrected chi connectivity index (χ1v) is 8.87. The number of fused-ring (bicyclic) bond motifs is 2. The summed E-state index contributed by atoms with van der Waals surface area (Å²) < 4.78 is 0. The predicted molar refractivity (Wildman–Crippen MR) is 83.3 cm³/mol. The fourth-order valence-corrected chi connectivity index (χ4v) is 5.54. The van der Waals surface area contributed by atoms with E-state index in [1.807, 2.05) is 0 Å². The molecular weight excluding hydrogens is 307 g/mol. The fraction of sp³-hybridized carbons (Fsp3) is 0.444. The third kappa shape index (κ3) is 1.54. The molecule has 0 amide bonds. The van der Waals surface area contributed by atoms with Crippen LogP contribution in [0.2, 0.25) is 5.21 Å². The molecule has 2 aromatic carbocycles. The third-order valence-electron chi connectivity index (χ3n) is 5.57. The second kappa shape index (κ2) is 4.35. The Bertz CT molecular complexity index is 672. The summed E-state index contributed by atoms with van der Waals surface area (Å²) >= 11 is 2.73. The van der Waals surface area contributed by atoms with Crippen LogP contribution in [0.15, 0.2) is 36.4 Å². The van der Waals surface area contributed by atoms with Crippen molar-refractivity contribution in [3.63, 3.8) is 0 Å². The van der Waals surface area contributed by atoms with Gasteiger partial charge in [0, 0.05) is 0 Å². The van der Waals surface area contributed by atoms with Crippen molar-refractivity contribution in [3.8, 4) is 0 Å². The molecule has 0 bridgehead atoms. The maximum atomic E-state index is 11.2. The Hall–Kier alpha value is -0.782. The van der Waals surface area contributed by atoms with E-state index >= 15 is 0 Å². The molecule has 1 N–H and O–H groups in total. The van der Waals surface area contributed by atoms with Gasteiger partial charge in [-0.3, -0.25) is 0 Å². The van der Waals surface area contributed by atoms with Gasteiger partial charge in [-0.1, -0.05) is 0 Å². The van der Waals surface area contributed by atoms with Gasteiger partial charge in [-0.05, 0) is 0 Å². The summed E-state index contributed by atoms with van der Waals surface area (Å²) in [6.07, 6.45) is 5.33. The molecule has 1 saturated carbocycles. The molecule has 0 aromatic heterocycles.